The van der Waals surface area contributed by atoms with E-state index in [0.29, 0.717) is 12.8 Å². The summed E-state index contributed by atoms with van der Waals surface area (Å²) >= 11 is 0. The van der Waals surface area contributed by atoms with Gasteiger partial charge < -0.3 is 4.74 Å². The molecule has 4 nitrogen and oxygen atoms in total. The number of hydrogen-bond donors (Lipinski definition) is 0. The summed E-state index contributed by atoms with van der Waals surface area (Å²) in [6, 6.07) is 2.33. The van der Waals surface area contributed by atoms with Crippen LogP contribution in [-0.4, -0.2) is 22.5 Å². The van der Waals surface area contributed by atoms with Crippen LogP contribution in [0.1, 0.15) is 52.1 Å². The summed E-state index contributed by atoms with van der Waals surface area (Å²) in [4.78, 5) is 25.9. The van der Waals surface area contributed by atoms with Gasteiger partial charge in [0.2, 0.25) is 5.91 Å². The van der Waals surface area contributed by atoms with Crippen molar-refractivity contribution in [1.82, 2.24) is 4.90 Å². The molecule has 0 aliphatic carbocycles. The summed E-state index contributed by atoms with van der Waals surface area (Å²) in [5.41, 5.74) is -0.510. The highest BCUT2D eigenvalue weighted by Gasteiger charge is 2.40. The molecule has 2 atom stereocenters. The number of benzene rings is 1. The van der Waals surface area contributed by atoms with Crippen LogP contribution in [0.4, 0.5) is 13.6 Å². The van der Waals surface area contributed by atoms with Crippen LogP contribution in [0.5, 0.6) is 0 Å². The van der Waals surface area contributed by atoms with Crippen LogP contribution < -0.4 is 0 Å². The Morgan fingerprint density at radius 3 is 2.26 bits per heavy atom. The highest BCUT2D eigenvalue weighted by Crippen LogP contribution is 2.35. The summed E-state index contributed by atoms with van der Waals surface area (Å²) in [6.07, 6.45) is 0.194. The summed E-state index contributed by atoms with van der Waals surface area (Å²) < 4.78 is 32.3. The molecule has 0 N–H and O–H groups in total. The zero-order valence-electron chi connectivity index (χ0n) is 13.7. The molecular weight excluding hydrogens is 304 g/mol. The summed E-state index contributed by atoms with van der Waals surface area (Å²) in [5, 5.41) is 0. The van der Waals surface area contributed by atoms with Crippen molar-refractivity contribution in [2.24, 2.45) is 5.92 Å². The van der Waals surface area contributed by atoms with Gasteiger partial charge in [-0.05, 0) is 51.3 Å². The zero-order valence-corrected chi connectivity index (χ0v) is 13.7. The second kappa shape index (κ2) is 6.26. The van der Waals surface area contributed by atoms with Gasteiger partial charge >= 0.3 is 6.09 Å². The number of carbonyl (C=O) groups is 2. The maximum absolute atomic E-state index is 13.5. The van der Waals surface area contributed by atoms with Crippen LogP contribution >= 0.6 is 0 Å². The number of ether oxygens (including phenoxy) is 1. The van der Waals surface area contributed by atoms with E-state index in [1.165, 1.54) is 0 Å². The molecule has 1 aliphatic heterocycles. The first-order chi connectivity index (χ1) is 10.6. The molecule has 2 amide bonds. The van der Waals surface area contributed by atoms with Gasteiger partial charge in [0.05, 0.1) is 6.04 Å². The van der Waals surface area contributed by atoms with E-state index < -0.39 is 29.4 Å². The lowest BCUT2D eigenvalue weighted by molar-refractivity contribution is -0.140. The Labute approximate surface area is 134 Å². The average Bonchev–Trinajstić information content (AvgIpc) is 2.38. The van der Waals surface area contributed by atoms with Crippen LogP contribution in [0.3, 0.4) is 0 Å². The summed E-state index contributed by atoms with van der Waals surface area (Å²) in [5.74, 6) is -2.21. The SMILES string of the molecule is C[C@@H]1CC[C@@H](c2cc(F)cc(F)c2)N(C(=O)OC(C)(C)C)C1=O. The van der Waals surface area contributed by atoms with Crippen LogP contribution in [0, 0.1) is 17.6 Å². The second-order valence-corrected chi connectivity index (χ2v) is 6.89. The molecule has 1 saturated heterocycles. The number of carbonyl (C=O) groups excluding carboxylic acids is 2. The average molecular weight is 325 g/mol. The van der Waals surface area contributed by atoms with Crippen LogP contribution in [0.15, 0.2) is 18.2 Å². The lowest BCUT2D eigenvalue weighted by Gasteiger charge is -2.37. The van der Waals surface area contributed by atoms with E-state index >= 15 is 0 Å². The highest BCUT2D eigenvalue weighted by atomic mass is 19.1. The zero-order chi connectivity index (χ0) is 17.4. The fourth-order valence-electron chi connectivity index (χ4n) is 2.66. The van der Waals surface area contributed by atoms with E-state index in [-0.39, 0.29) is 17.4 Å². The molecule has 1 heterocycles. The first-order valence-corrected chi connectivity index (χ1v) is 7.60. The minimum absolute atomic E-state index is 0.258. The predicted molar refractivity (Wildman–Crippen MR) is 80.6 cm³/mol. The number of likely N-dealkylation sites (tertiary alicyclic amines) is 1. The second-order valence-electron chi connectivity index (χ2n) is 6.89. The Morgan fingerprint density at radius 2 is 1.74 bits per heavy atom. The molecule has 6 heteroatoms. The largest absolute Gasteiger partial charge is 0.443 e. The third-order valence-corrected chi connectivity index (χ3v) is 3.70. The summed E-state index contributed by atoms with van der Waals surface area (Å²) in [7, 11) is 0. The van der Waals surface area contributed by atoms with Crippen molar-refractivity contribution in [3.63, 3.8) is 0 Å². The third-order valence-electron chi connectivity index (χ3n) is 3.70. The van der Waals surface area contributed by atoms with Crippen molar-refractivity contribution in [3.8, 4) is 0 Å². The minimum Gasteiger partial charge on any atom is -0.443 e. The third kappa shape index (κ3) is 4.06. The van der Waals surface area contributed by atoms with Gasteiger partial charge in [0.15, 0.2) is 0 Å². The van der Waals surface area contributed by atoms with Gasteiger partial charge in [-0.1, -0.05) is 6.92 Å². The number of amides is 2. The Hall–Kier alpha value is -1.98. The number of nitrogens with zero attached hydrogens (tertiary/aromatic N) is 1. The molecular formula is C17H21F2NO3. The Balaban J connectivity index is 2.38. The normalized spacial score (nSPS) is 22.2. The Bertz CT molecular complexity index is 605. The van der Waals surface area contributed by atoms with Gasteiger partial charge in [-0.2, -0.15) is 0 Å². The molecule has 0 aromatic heterocycles. The van der Waals surface area contributed by atoms with Gasteiger partial charge in [-0.3, -0.25) is 4.79 Å². The lowest BCUT2D eigenvalue weighted by atomic mass is 9.89. The van der Waals surface area contributed by atoms with Gasteiger partial charge in [0.25, 0.3) is 0 Å². The minimum atomic E-state index is -0.788. The van der Waals surface area contributed by atoms with Crippen molar-refractivity contribution < 1.29 is 23.1 Å². The Kier molecular flexibility index (Phi) is 4.73. The summed E-state index contributed by atoms with van der Waals surface area (Å²) in [6.45, 7) is 6.81. The molecule has 0 radical (unpaired) electrons. The van der Waals surface area contributed by atoms with E-state index in [1.807, 2.05) is 0 Å². The van der Waals surface area contributed by atoms with Gasteiger partial charge in [0, 0.05) is 12.0 Å². The number of rotatable bonds is 1. The lowest BCUT2D eigenvalue weighted by Crippen LogP contribution is -2.48. The van der Waals surface area contributed by atoms with Crippen molar-refractivity contribution in [2.45, 2.75) is 52.2 Å². The quantitative estimate of drug-likeness (QED) is 0.777. The predicted octanol–water partition coefficient (Wildman–Crippen LogP) is 4.20. The molecule has 23 heavy (non-hydrogen) atoms. The fraction of sp³-hybridized carbons (Fsp3) is 0.529. The molecule has 0 spiro atoms. The van der Waals surface area contributed by atoms with Crippen LogP contribution in [-0.2, 0) is 9.53 Å². The van der Waals surface area contributed by atoms with Crippen molar-refractivity contribution >= 4 is 12.0 Å². The van der Waals surface area contributed by atoms with E-state index in [2.05, 4.69) is 0 Å². The first-order valence-electron chi connectivity index (χ1n) is 7.60. The van der Waals surface area contributed by atoms with Crippen molar-refractivity contribution in [3.05, 3.63) is 35.4 Å². The molecule has 2 rings (SSSR count). The highest BCUT2D eigenvalue weighted by molar-refractivity contribution is 5.94. The monoisotopic (exact) mass is 325 g/mol. The standard InChI is InChI=1S/C17H21F2NO3/c1-10-5-6-14(11-7-12(18)9-13(19)8-11)20(15(10)21)16(22)23-17(2,3)4/h7-10,14H,5-6H2,1-4H3/t10-,14+/m1/s1. The molecule has 1 fully saturated rings. The first kappa shape index (κ1) is 17.4. The smallest absolute Gasteiger partial charge is 0.417 e. The Morgan fingerprint density at radius 1 is 1.17 bits per heavy atom. The number of imide groups is 1. The number of hydrogen-bond acceptors (Lipinski definition) is 3. The molecule has 1 aromatic rings. The van der Waals surface area contributed by atoms with Crippen molar-refractivity contribution in [1.29, 1.82) is 0 Å². The van der Waals surface area contributed by atoms with E-state index in [1.54, 1.807) is 27.7 Å². The van der Waals surface area contributed by atoms with Crippen molar-refractivity contribution in [2.75, 3.05) is 0 Å². The van der Waals surface area contributed by atoms with Gasteiger partial charge in [-0.15, -0.1) is 0 Å². The maximum atomic E-state index is 13.5. The molecule has 1 aromatic carbocycles. The van der Waals surface area contributed by atoms with Gasteiger partial charge in [0.1, 0.15) is 17.2 Å². The topological polar surface area (TPSA) is 46.6 Å². The van der Waals surface area contributed by atoms with Gasteiger partial charge in [-0.25, -0.2) is 18.5 Å². The van der Waals surface area contributed by atoms with Crippen LogP contribution in [0.2, 0.25) is 0 Å². The molecule has 126 valence electrons. The van der Waals surface area contributed by atoms with E-state index in [4.69, 9.17) is 4.74 Å². The fourth-order valence-corrected chi connectivity index (χ4v) is 2.66. The number of piperidine rings is 1. The molecule has 0 saturated carbocycles. The molecule has 1 aliphatic rings. The molecule has 0 bridgehead atoms. The number of halogens is 2. The molecule has 0 unspecified atom stereocenters. The van der Waals surface area contributed by atoms with E-state index in [9.17, 15) is 18.4 Å². The maximum Gasteiger partial charge on any atom is 0.417 e. The van der Waals surface area contributed by atoms with Crippen LogP contribution in [0.25, 0.3) is 0 Å². The van der Waals surface area contributed by atoms with E-state index in [0.717, 1.165) is 23.1 Å².